The predicted octanol–water partition coefficient (Wildman–Crippen LogP) is 9.22. The lowest BCUT2D eigenvalue weighted by atomic mass is 10.0. The second kappa shape index (κ2) is 20.7. The molecule has 0 radical (unpaired) electrons. The molecule has 0 fully saturated rings. The number of hydrogen-bond donors (Lipinski definition) is 1. The van der Waals surface area contributed by atoms with Crippen molar-refractivity contribution in [3.63, 3.8) is 0 Å². The summed E-state index contributed by atoms with van der Waals surface area (Å²) in [5.74, 6) is 1.61. The molecule has 0 saturated carbocycles. The molecule has 49 heavy (non-hydrogen) atoms. The van der Waals surface area contributed by atoms with E-state index in [0.717, 1.165) is 55.4 Å². The van der Waals surface area contributed by atoms with E-state index in [1.165, 1.54) is 25.7 Å². The van der Waals surface area contributed by atoms with Crippen molar-refractivity contribution in [2.75, 3.05) is 26.9 Å². The molecule has 0 heterocycles. The minimum atomic E-state index is -0.499. The molecular weight excluding hydrogens is 618 g/mol. The summed E-state index contributed by atoms with van der Waals surface area (Å²) >= 11 is 0. The summed E-state index contributed by atoms with van der Waals surface area (Å²) < 4.78 is 28.6. The first-order valence-electron chi connectivity index (χ1n) is 17.7. The van der Waals surface area contributed by atoms with E-state index in [1.807, 2.05) is 30.3 Å². The zero-order valence-electron chi connectivity index (χ0n) is 29.0. The van der Waals surface area contributed by atoms with Crippen LogP contribution in [-0.2, 0) is 9.53 Å². The molecule has 3 aromatic rings. The number of esters is 2. The topological polar surface area (TPSA) is 106 Å². The maximum absolute atomic E-state index is 13.3. The fraction of sp³-hybridized carbons (Fsp3) is 0.415. The number of hydrogen-bond acceptors (Lipinski definition) is 8. The Morgan fingerprint density at radius 2 is 1.31 bits per heavy atom. The van der Waals surface area contributed by atoms with Crippen molar-refractivity contribution in [3.05, 3.63) is 96.3 Å². The third-order valence-corrected chi connectivity index (χ3v) is 8.37. The van der Waals surface area contributed by atoms with Gasteiger partial charge in [-0.05, 0) is 91.9 Å². The van der Waals surface area contributed by atoms with Crippen molar-refractivity contribution in [3.8, 4) is 34.1 Å². The normalized spacial score (nSPS) is 13.8. The van der Waals surface area contributed by atoms with Gasteiger partial charge in [-0.3, -0.25) is 4.79 Å². The largest absolute Gasteiger partial charge is 0.497 e. The maximum Gasteiger partial charge on any atom is 0.347 e. The lowest BCUT2D eigenvalue weighted by Crippen LogP contribution is -2.19. The molecular formula is C41H51NO7. The molecule has 2 N–H and O–H groups in total. The molecule has 1 unspecified atom stereocenters. The van der Waals surface area contributed by atoms with Gasteiger partial charge in [-0.15, -0.1) is 0 Å². The summed E-state index contributed by atoms with van der Waals surface area (Å²) in [6, 6.07) is 19.9. The molecule has 0 amide bonds. The van der Waals surface area contributed by atoms with E-state index in [2.05, 4.69) is 6.92 Å². The summed E-state index contributed by atoms with van der Waals surface area (Å²) in [6.07, 6.45) is 17.0. The van der Waals surface area contributed by atoms with Gasteiger partial charge < -0.3 is 29.4 Å². The Hall–Kier alpha value is -4.56. The van der Waals surface area contributed by atoms with Crippen molar-refractivity contribution in [2.45, 2.75) is 77.6 Å². The molecule has 1 atom stereocenters. The van der Waals surface area contributed by atoms with Gasteiger partial charge in [0.15, 0.2) is 0 Å². The first-order chi connectivity index (χ1) is 24.0. The Balaban J connectivity index is 1.33. The third-order valence-electron chi connectivity index (χ3n) is 8.37. The minimum absolute atomic E-state index is 0.312. The highest BCUT2D eigenvalue weighted by atomic mass is 16.5. The van der Waals surface area contributed by atoms with Gasteiger partial charge in [0.1, 0.15) is 34.3 Å². The SMILES string of the molecule is CCCCCCCCOc1ccc(C(=O)Oc2ccc(-c3ccc(OC(=O)C4C=CC(OC)=CC4)cc3)cc2)c(OCCCCCCN)c1. The van der Waals surface area contributed by atoms with Crippen LogP contribution in [0.15, 0.2) is 90.7 Å². The fourth-order valence-electron chi connectivity index (χ4n) is 5.45. The quantitative estimate of drug-likeness (QED) is 0.0680. The second-order valence-corrected chi connectivity index (χ2v) is 12.2. The van der Waals surface area contributed by atoms with Gasteiger partial charge in [-0.1, -0.05) is 82.2 Å². The monoisotopic (exact) mass is 669 g/mol. The van der Waals surface area contributed by atoms with Crippen LogP contribution in [-0.4, -0.2) is 38.8 Å². The van der Waals surface area contributed by atoms with Gasteiger partial charge in [0, 0.05) is 6.07 Å². The molecule has 1 aliphatic carbocycles. The zero-order chi connectivity index (χ0) is 34.7. The summed E-state index contributed by atoms with van der Waals surface area (Å²) in [6.45, 7) is 4.02. The van der Waals surface area contributed by atoms with Gasteiger partial charge in [-0.25, -0.2) is 4.79 Å². The van der Waals surface area contributed by atoms with Crippen molar-refractivity contribution in [1.29, 1.82) is 0 Å². The number of ether oxygens (including phenoxy) is 5. The lowest BCUT2D eigenvalue weighted by molar-refractivity contribution is -0.137. The van der Waals surface area contributed by atoms with E-state index in [1.54, 1.807) is 61.7 Å². The van der Waals surface area contributed by atoms with Crippen molar-refractivity contribution in [2.24, 2.45) is 11.7 Å². The molecule has 0 aliphatic heterocycles. The Morgan fingerprint density at radius 1 is 0.714 bits per heavy atom. The fourth-order valence-corrected chi connectivity index (χ4v) is 5.45. The van der Waals surface area contributed by atoms with E-state index in [-0.39, 0.29) is 11.9 Å². The van der Waals surface area contributed by atoms with Gasteiger partial charge in [0.05, 0.1) is 26.2 Å². The van der Waals surface area contributed by atoms with Crippen molar-refractivity contribution < 1.29 is 33.3 Å². The van der Waals surface area contributed by atoms with Gasteiger partial charge >= 0.3 is 11.9 Å². The Labute approximate surface area is 291 Å². The van der Waals surface area contributed by atoms with Gasteiger partial charge in [-0.2, -0.15) is 0 Å². The molecule has 0 aromatic heterocycles. The first-order valence-corrected chi connectivity index (χ1v) is 17.7. The second-order valence-electron chi connectivity index (χ2n) is 12.2. The van der Waals surface area contributed by atoms with Crippen molar-refractivity contribution >= 4 is 11.9 Å². The summed E-state index contributed by atoms with van der Waals surface area (Å²) in [5.41, 5.74) is 7.82. The van der Waals surface area contributed by atoms with Crippen LogP contribution in [0.3, 0.4) is 0 Å². The molecule has 3 aromatic carbocycles. The number of rotatable bonds is 21. The van der Waals surface area contributed by atoms with Gasteiger partial charge in [0.25, 0.3) is 0 Å². The molecule has 8 heteroatoms. The van der Waals surface area contributed by atoms with E-state index in [4.69, 9.17) is 29.4 Å². The molecule has 4 rings (SSSR count). The smallest absolute Gasteiger partial charge is 0.347 e. The number of unbranched alkanes of at least 4 members (excludes halogenated alkanes) is 8. The van der Waals surface area contributed by atoms with E-state index < -0.39 is 5.97 Å². The van der Waals surface area contributed by atoms with E-state index in [9.17, 15) is 9.59 Å². The summed E-state index contributed by atoms with van der Waals surface area (Å²) in [5, 5.41) is 0. The Morgan fingerprint density at radius 3 is 1.92 bits per heavy atom. The number of carbonyl (C=O) groups excluding carboxylic acids is 2. The molecule has 0 saturated heterocycles. The summed E-state index contributed by atoms with van der Waals surface area (Å²) in [7, 11) is 1.60. The van der Waals surface area contributed by atoms with Crippen LogP contribution >= 0.6 is 0 Å². The van der Waals surface area contributed by atoms with E-state index in [0.29, 0.717) is 54.7 Å². The number of allylic oxidation sites excluding steroid dienone is 2. The third kappa shape index (κ3) is 12.4. The van der Waals surface area contributed by atoms with Crippen LogP contribution in [0.2, 0.25) is 0 Å². The van der Waals surface area contributed by atoms with E-state index >= 15 is 0 Å². The van der Waals surface area contributed by atoms with Crippen molar-refractivity contribution in [1.82, 2.24) is 0 Å². The molecule has 8 nitrogen and oxygen atoms in total. The van der Waals surface area contributed by atoms with Crippen LogP contribution in [0.25, 0.3) is 11.1 Å². The zero-order valence-corrected chi connectivity index (χ0v) is 29.0. The van der Waals surface area contributed by atoms with Crippen LogP contribution in [0.1, 0.15) is 87.9 Å². The predicted molar refractivity (Wildman–Crippen MR) is 193 cm³/mol. The highest BCUT2D eigenvalue weighted by Gasteiger charge is 2.20. The number of nitrogens with two attached hydrogens (primary N) is 1. The first kappa shape index (κ1) is 37.3. The Kier molecular flexibility index (Phi) is 15.8. The Bertz CT molecular complexity index is 1510. The van der Waals surface area contributed by atoms with Crippen LogP contribution in [0, 0.1) is 5.92 Å². The number of benzene rings is 3. The highest BCUT2D eigenvalue weighted by molar-refractivity contribution is 5.94. The highest BCUT2D eigenvalue weighted by Crippen LogP contribution is 2.29. The number of carbonyl (C=O) groups is 2. The van der Waals surface area contributed by atoms with Crippen LogP contribution in [0.4, 0.5) is 0 Å². The summed E-state index contributed by atoms with van der Waals surface area (Å²) in [4.78, 5) is 25.9. The van der Waals surface area contributed by atoms with Crippen LogP contribution in [0.5, 0.6) is 23.0 Å². The maximum atomic E-state index is 13.3. The lowest BCUT2D eigenvalue weighted by Gasteiger charge is -2.15. The molecule has 0 bridgehead atoms. The molecule has 0 spiro atoms. The average molecular weight is 670 g/mol. The van der Waals surface area contributed by atoms with Gasteiger partial charge in [0.2, 0.25) is 0 Å². The molecule has 262 valence electrons. The minimum Gasteiger partial charge on any atom is -0.497 e. The average Bonchev–Trinajstić information content (AvgIpc) is 3.13. The number of methoxy groups -OCH3 is 1. The molecule has 1 aliphatic rings. The van der Waals surface area contributed by atoms with Crippen LogP contribution < -0.4 is 24.7 Å². The standard InChI is InChI=1S/C41H51NO7/c1-3-4-5-6-8-11-28-46-37-25-26-38(39(30-37)47-29-12-9-7-10-27-42)41(44)49-36-23-15-32(16-24-36)31-13-21-35(22-14-31)48-40(43)33-17-19-34(45-2)20-18-33/h13-17,19-26,30,33H,3-12,18,27-29,42H2,1-2H3.